The van der Waals surface area contributed by atoms with E-state index in [1.807, 2.05) is 6.92 Å². The smallest absolute Gasteiger partial charge is 0.263 e. The van der Waals surface area contributed by atoms with E-state index in [2.05, 4.69) is 22.0 Å². The van der Waals surface area contributed by atoms with Crippen LogP contribution in [0.2, 0.25) is 0 Å². The lowest BCUT2D eigenvalue weighted by Crippen LogP contribution is -2.32. The van der Waals surface area contributed by atoms with Crippen molar-refractivity contribution in [2.75, 3.05) is 6.54 Å². The van der Waals surface area contributed by atoms with E-state index in [0.29, 0.717) is 11.4 Å². The summed E-state index contributed by atoms with van der Waals surface area (Å²) < 4.78 is 26.2. The summed E-state index contributed by atoms with van der Waals surface area (Å²) in [5.41, 5.74) is 0.558. The quantitative estimate of drug-likeness (QED) is 0.830. The molecule has 1 aromatic carbocycles. The zero-order valence-corrected chi connectivity index (χ0v) is 13.6. The fourth-order valence-electron chi connectivity index (χ4n) is 2.37. The summed E-state index contributed by atoms with van der Waals surface area (Å²) in [5.74, 6) is 0.240. The molecule has 1 amide bonds. The molecule has 7 heteroatoms. The van der Waals surface area contributed by atoms with Crippen LogP contribution in [0.4, 0.5) is 0 Å². The predicted octanol–water partition coefficient (Wildman–Crippen LogP) is 1.42. The van der Waals surface area contributed by atoms with Crippen LogP contribution >= 0.6 is 0 Å². The summed E-state index contributed by atoms with van der Waals surface area (Å²) >= 11 is 0. The average Bonchev–Trinajstić information content (AvgIpc) is 2.71. The molecule has 1 aliphatic rings. The van der Waals surface area contributed by atoms with Crippen molar-refractivity contribution < 1.29 is 13.2 Å². The van der Waals surface area contributed by atoms with Crippen LogP contribution in [0.25, 0.3) is 0 Å². The van der Waals surface area contributed by atoms with Crippen LogP contribution in [0.5, 0.6) is 0 Å². The Bertz CT molecular complexity index is 683. The van der Waals surface area contributed by atoms with Crippen LogP contribution in [-0.2, 0) is 14.8 Å². The van der Waals surface area contributed by atoms with Gasteiger partial charge in [0, 0.05) is 18.0 Å². The Morgan fingerprint density at radius 2 is 2.09 bits per heavy atom. The van der Waals surface area contributed by atoms with Gasteiger partial charge in [0.15, 0.2) is 0 Å². The average molecular weight is 323 g/mol. The maximum absolute atomic E-state index is 11.9. The Morgan fingerprint density at radius 3 is 2.82 bits per heavy atom. The summed E-state index contributed by atoms with van der Waals surface area (Å²) in [4.78, 5) is 16.2. The number of hydrogen-bond acceptors (Lipinski definition) is 4. The maximum atomic E-state index is 11.9. The van der Waals surface area contributed by atoms with Gasteiger partial charge in [0.25, 0.3) is 10.0 Å². The highest BCUT2D eigenvalue weighted by Crippen LogP contribution is 2.22. The third-order valence-electron chi connectivity index (χ3n) is 3.40. The molecule has 1 aliphatic heterocycles. The summed E-state index contributed by atoms with van der Waals surface area (Å²) in [6, 6.07) is 6.82. The number of hydrogen-bond donors (Lipinski definition) is 2. The van der Waals surface area contributed by atoms with Crippen LogP contribution < -0.4 is 10.0 Å². The zero-order chi connectivity index (χ0) is 16.2. The molecular weight excluding hydrogens is 302 g/mol. The normalized spacial score (nSPS) is 18.5. The van der Waals surface area contributed by atoms with Gasteiger partial charge in [-0.2, -0.15) is 0 Å². The number of amidine groups is 1. The van der Waals surface area contributed by atoms with Gasteiger partial charge >= 0.3 is 0 Å². The van der Waals surface area contributed by atoms with Crippen molar-refractivity contribution >= 4 is 21.8 Å². The van der Waals surface area contributed by atoms with E-state index in [9.17, 15) is 13.2 Å². The van der Waals surface area contributed by atoms with Crippen LogP contribution in [-0.4, -0.2) is 32.7 Å². The first-order valence-corrected chi connectivity index (χ1v) is 8.88. The highest BCUT2D eigenvalue weighted by molar-refractivity contribution is 7.90. The van der Waals surface area contributed by atoms with E-state index in [1.54, 1.807) is 24.3 Å². The van der Waals surface area contributed by atoms with Gasteiger partial charge in [-0.3, -0.25) is 14.5 Å². The minimum atomic E-state index is -3.51. The predicted molar refractivity (Wildman–Crippen MR) is 85.3 cm³/mol. The van der Waals surface area contributed by atoms with Crippen molar-refractivity contribution in [1.29, 1.82) is 0 Å². The molecular formula is C15H21N3O3S. The Labute approximate surface area is 131 Å². The van der Waals surface area contributed by atoms with Crippen molar-refractivity contribution in [2.45, 2.75) is 44.0 Å². The number of amides is 1. The van der Waals surface area contributed by atoms with E-state index >= 15 is 0 Å². The maximum Gasteiger partial charge on any atom is 0.263 e. The lowest BCUT2D eigenvalue weighted by Gasteiger charge is -2.11. The molecule has 6 nitrogen and oxygen atoms in total. The van der Waals surface area contributed by atoms with Gasteiger partial charge in [0.2, 0.25) is 5.91 Å². The molecule has 0 bridgehead atoms. The molecule has 1 atom stereocenters. The Balaban J connectivity index is 1.97. The number of fused-ring (bicyclic) bond motifs is 1. The van der Waals surface area contributed by atoms with Gasteiger partial charge in [0.1, 0.15) is 5.84 Å². The second-order valence-corrected chi connectivity index (χ2v) is 6.99. The molecule has 2 rings (SSSR count). The van der Waals surface area contributed by atoms with Crippen LogP contribution in [0.1, 0.15) is 38.7 Å². The summed E-state index contributed by atoms with van der Waals surface area (Å²) in [6.45, 7) is 4.28. The number of sulfonamides is 1. The molecule has 1 heterocycles. The van der Waals surface area contributed by atoms with Gasteiger partial charge in [-0.05, 0) is 25.5 Å². The molecule has 0 saturated carbocycles. The Kier molecular flexibility index (Phi) is 5.18. The molecule has 0 aromatic heterocycles. The monoisotopic (exact) mass is 323 g/mol. The molecule has 2 N–H and O–H groups in total. The van der Waals surface area contributed by atoms with E-state index in [0.717, 1.165) is 12.8 Å². The first kappa shape index (κ1) is 16.5. The van der Waals surface area contributed by atoms with Crippen molar-refractivity contribution in [3.8, 4) is 0 Å². The molecule has 22 heavy (non-hydrogen) atoms. The standard InChI is InChI=1S/C15H21N3O3S/c1-3-6-11(2)17-14(19)9-10-16-15-12-7-4-5-8-13(12)22(20,21)18-15/h4-5,7-8,11H,3,6,9-10H2,1-2H3,(H,16,18)(H,17,19)/t11-/m1/s1. The lowest BCUT2D eigenvalue weighted by molar-refractivity contribution is -0.121. The summed E-state index contributed by atoms with van der Waals surface area (Å²) in [7, 11) is -3.51. The number of rotatable bonds is 6. The van der Waals surface area contributed by atoms with Gasteiger partial charge in [-0.15, -0.1) is 0 Å². The molecule has 0 radical (unpaired) electrons. The van der Waals surface area contributed by atoms with Gasteiger partial charge in [0.05, 0.1) is 11.4 Å². The van der Waals surface area contributed by atoms with E-state index in [4.69, 9.17) is 0 Å². The molecule has 1 aromatic rings. The first-order chi connectivity index (χ1) is 10.4. The summed E-state index contributed by atoms with van der Waals surface area (Å²) in [5, 5.41) is 2.89. The number of aliphatic imine (C=N–C) groups is 1. The van der Waals surface area contributed by atoms with Gasteiger partial charge in [-0.25, -0.2) is 8.42 Å². The topological polar surface area (TPSA) is 87.6 Å². The lowest BCUT2D eigenvalue weighted by atomic mass is 10.2. The Hall–Kier alpha value is -1.89. The van der Waals surface area contributed by atoms with Crippen molar-refractivity contribution in [3.63, 3.8) is 0 Å². The third kappa shape index (κ3) is 3.85. The van der Waals surface area contributed by atoms with Crippen LogP contribution in [0.3, 0.4) is 0 Å². The molecule has 0 aliphatic carbocycles. The van der Waals surface area contributed by atoms with Crippen molar-refractivity contribution in [3.05, 3.63) is 29.8 Å². The highest BCUT2D eigenvalue weighted by Gasteiger charge is 2.29. The molecule has 0 saturated heterocycles. The van der Waals surface area contributed by atoms with Crippen molar-refractivity contribution in [2.24, 2.45) is 4.99 Å². The van der Waals surface area contributed by atoms with E-state index in [-0.39, 0.29) is 29.8 Å². The fraction of sp³-hybridized carbons (Fsp3) is 0.467. The molecule has 0 fully saturated rings. The largest absolute Gasteiger partial charge is 0.354 e. The summed E-state index contributed by atoms with van der Waals surface area (Å²) in [6.07, 6.45) is 2.19. The second kappa shape index (κ2) is 6.91. The first-order valence-electron chi connectivity index (χ1n) is 7.40. The van der Waals surface area contributed by atoms with Gasteiger partial charge < -0.3 is 5.32 Å². The Morgan fingerprint density at radius 1 is 1.36 bits per heavy atom. The van der Waals surface area contributed by atoms with E-state index in [1.165, 1.54) is 0 Å². The number of carbonyl (C=O) groups is 1. The number of nitrogens with one attached hydrogen (secondary N) is 2. The third-order valence-corrected chi connectivity index (χ3v) is 4.80. The molecule has 120 valence electrons. The number of carbonyl (C=O) groups excluding carboxylic acids is 1. The number of nitrogens with zero attached hydrogens (tertiary/aromatic N) is 1. The minimum Gasteiger partial charge on any atom is -0.354 e. The van der Waals surface area contributed by atoms with Gasteiger partial charge in [-0.1, -0.05) is 25.5 Å². The van der Waals surface area contributed by atoms with E-state index < -0.39 is 10.0 Å². The van der Waals surface area contributed by atoms with Crippen molar-refractivity contribution in [1.82, 2.24) is 10.0 Å². The van der Waals surface area contributed by atoms with Crippen LogP contribution in [0, 0.1) is 0 Å². The number of benzene rings is 1. The van der Waals surface area contributed by atoms with Crippen LogP contribution in [0.15, 0.2) is 34.2 Å². The zero-order valence-electron chi connectivity index (χ0n) is 12.8. The molecule has 0 unspecified atom stereocenters. The molecule has 0 spiro atoms. The second-order valence-electron chi connectivity index (χ2n) is 5.34. The minimum absolute atomic E-state index is 0.0700. The fourth-order valence-corrected chi connectivity index (χ4v) is 3.62. The highest BCUT2D eigenvalue weighted by atomic mass is 32.2. The SMILES string of the molecule is CCC[C@@H](C)NC(=O)CCN=C1NS(=O)(=O)c2ccccc21.